The molecule has 0 aliphatic heterocycles. The number of hydrogen-bond acceptors (Lipinski definition) is 3. The molecule has 0 heterocycles. The van der Waals surface area contributed by atoms with Gasteiger partial charge in [-0.25, -0.2) is 0 Å². The Morgan fingerprint density at radius 1 is 1.04 bits per heavy atom. The minimum absolute atomic E-state index is 0.0890. The fourth-order valence-corrected chi connectivity index (χ4v) is 4.05. The first-order valence-electron chi connectivity index (χ1n) is 9.75. The molecular formula is C23H28O4. The predicted molar refractivity (Wildman–Crippen MR) is 105 cm³/mol. The molecule has 1 aliphatic rings. The van der Waals surface area contributed by atoms with Crippen molar-refractivity contribution in [1.82, 2.24) is 0 Å². The van der Waals surface area contributed by atoms with Crippen LogP contribution in [0.2, 0.25) is 0 Å². The van der Waals surface area contributed by atoms with Crippen molar-refractivity contribution in [3.63, 3.8) is 0 Å². The summed E-state index contributed by atoms with van der Waals surface area (Å²) in [6, 6.07) is 17.9. The van der Waals surface area contributed by atoms with Gasteiger partial charge in [0, 0.05) is 0 Å². The van der Waals surface area contributed by atoms with Crippen LogP contribution in [0.1, 0.15) is 49.7 Å². The van der Waals surface area contributed by atoms with E-state index in [1.54, 1.807) is 0 Å². The highest BCUT2D eigenvalue weighted by atomic mass is 16.5. The highest BCUT2D eigenvalue weighted by Crippen LogP contribution is 2.39. The fraction of sp³-hybridized carbons (Fsp3) is 0.435. The molecular weight excluding hydrogens is 340 g/mol. The van der Waals surface area contributed by atoms with Crippen LogP contribution >= 0.6 is 0 Å². The second-order valence-corrected chi connectivity index (χ2v) is 7.58. The SMILES string of the molecule is O=C(O)C[C@@](O)(CCc1cccc(OCc2ccccc2)c1)C1CCCC1. The van der Waals surface area contributed by atoms with E-state index >= 15 is 0 Å². The highest BCUT2D eigenvalue weighted by molar-refractivity contribution is 5.68. The lowest BCUT2D eigenvalue weighted by atomic mass is 9.79. The van der Waals surface area contributed by atoms with Gasteiger partial charge >= 0.3 is 5.97 Å². The Labute approximate surface area is 160 Å². The molecule has 0 amide bonds. The Hall–Kier alpha value is -2.33. The van der Waals surface area contributed by atoms with Gasteiger partial charge in [0.05, 0.1) is 12.0 Å². The first-order chi connectivity index (χ1) is 13.0. The van der Waals surface area contributed by atoms with E-state index in [1.165, 1.54) is 0 Å². The molecule has 1 fully saturated rings. The van der Waals surface area contributed by atoms with Gasteiger partial charge in [-0.15, -0.1) is 0 Å². The van der Waals surface area contributed by atoms with E-state index in [1.807, 2.05) is 54.6 Å². The maximum absolute atomic E-state index is 11.3. The van der Waals surface area contributed by atoms with Gasteiger partial charge in [0.1, 0.15) is 12.4 Å². The molecule has 2 aromatic rings. The van der Waals surface area contributed by atoms with Crippen LogP contribution < -0.4 is 4.74 Å². The smallest absolute Gasteiger partial charge is 0.306 e. The molecule has 0 saturated heterocycles. The molecule has 4 nitrogen and oxygen atoms in total. The molecule has 0 unspecified atom stereocenters. The van der Waals surface area contributed by atoms with Crippen molar-refractivity contribution in [2.24, 2.45) is 5.92 Å². The van der Waals surface area contributed by atoms with Crippen molar-refractivity contribution in [3.8, 4) is 5.75 Å². The molecule has 2 aromatic carbocycles. The Bertz CT molecular complexity index is 737. The number of carboxylic acid groups (broad SMARTS) is 1. The molecule has 0 spiro atoms. The van der Waals surface area contributed by atoms with Crippen molar-refractivity contribution in [3.05, 3.63) is 65.7 Å². The molecule has 144 valence electrons. The lowest BCUT2D eigenvalue weighted by molar-refractivity contribution is -0.145. The van der Waals surface area contributed by atoms with Gasteiger partial charge in [0.2, 0.25) is 0 Å². The number of benzene rings is 2. The summed E-state index contributed by atoms with van der Waals surface area (Å²) in [5.41, 5.74) is 1.05. The quantitative estimate of drug-likeness (QED) is 0.679. The molecule has 1 atom stereocenters. The summed E-state index contributed by atoms with van der Waals surface area (Å²) < 4.78 is 5.87. The number of ether oxygens (including phenoxy) is 1. The summed E-state index contributed by atoms with van der Waals surface area (Å²) in [4.78, 5) is 11.3. The summed E-state index contributed by atoms with van der Waals surface area (Å²) in [6.45, 7) is 0.509. The second-order valence-electron chi connectivity index (χ2n) is 7.58. The van der Waals surface area contributed by atoms with Crippen LogP contribution in [-0.2, 0) is 17.8 Å². The Kier molecular flexibility index (Phi) is 6.51. The second kappa shape index (κ2) is 9.05. The van der Waals surface area contributed by atoms with E-state index in [4.69, 9.17) is 4.74 Å². The van der Waals surface area contributed by atoms with Crippen molar-refractivity contribution in [2.45, 2.75) is 57.2 Å². The monoisotopic (exact) mass is 368 g/mol. The average molecular weight is 368 g/mol. The van der Waals surface area contributed by atoms with Crippen molar-refractivity contribution < 1.29 is 19.7 Å². The molecule has 1 aliphatic carbocycles. The van der Waals surface area contributed by atoms with Crippen molar-refractivity contribution in [2.75, 3.05) is 0 Å². The minimum Gasteiger partial charge on any atom is -0.489 e. The molecule has 27 heavy (non-hydrogen) atoms. The van der Waals surface area contributed by atoms with Gasteiger partial charge in [-0.3, -0.25) is 4.79 Å². The topological polar surface area (TPSA) is 66.8 Å². The molecule has 0 bridgehead atoms. The zero-order valence-electron chi connectivity index (χ0n) is 15.6. The van der Waals surface area contributed by atoms with E-state index in [9.17, 15) is 15.0 Å². The van der Waals surface area contributed by atoms with Gasteiger partial charge in [-0.05, 0) is 54.9 Å². The summed E-state index contributed by atoms with van der Waals surface area (Å²) >= 11 is 0. The molecule has 3 rings (SSSR count). The van der Waals surface area contributed by atoms with Crippen LogP contribution in [0.3, 0.4) is 0 Å². The van der Waals surface area contributed by atoms with E-state index in [2.05, 4.69) is 0 Å². The third kappa shape index (κ3) is 5.57. The minimum atomic E-state index is -1.12. The number of aliphatic carboxylic acids is 1. The van der Waals surface area contributed by atoms with Crippen LogP contribution in [0.5, 0.6) is 5.75 Å². The number of aliphatic hydroxyl groups is 1. The van der Waals surface area contributed by atoms with E-state index < -0.39 is 11.6 Å². The van der Waals surface area contributed by atoms with Crippen molar-refractivity contribution >= 4 is 5.97 Å². The zero-order chi connectivity index (χ0) is 19.1. The standard InChI is InChI=1S/C23H28O4/c24-22(25)16-23(26,20-10-4-5-11-20)14-13-18-9-6-12-21(15-18)27-17-19-7-2-1-3-8-19/h1-3,6-9,12,15,20,26H,4-5,10-11,13-14,16-17H2,(H,24,25)/t23-/m0/s1. The molecule has 2 N–H and O–H groups in total. The Morgan fingerprint density at radius 3 is 2.44 bits per heavy atom. The van der Waals surface area contributed by atoms with Gasteiger partial charge in [-0.1, -0.05) is 55.3 Å². The van der Waals surface area contributed by atoms with E-state index in [0.717, 1.165) is 42.6 Å². The number of rotatable bonds is 9. The van der Waals surface area contributed by atoms with Gasteiger partial charge in [0.25, 0.3) is 0 Å². The lowest BCUT2D eigenvalue weighted by Crippen LogP contribution is -2.39. The lowest BCUT2D eigenvalue weighted by Gasteiger charge is -2.33. The maximum Gasteiger partial charge on any atom is 0.306 e. The molecule has 0 radical (unpaired) electrons. The first-order valence-corrected chi connectivity index (χ1v) is 9.75. The fourth-order valence-electron chi connectivity index (χ4n) is 4.05. The number of carbonyl (C=O) groups is 1. The molecule has 1 saturated carbocycles. The third-order valence-corrected chi connectivity index (χ3v) is 5.57. The zero-order valence-corrected chi connectivity index (χ0v) is 15.6. The average Bonchev–Trinajstić information content (AvgIpc) is 3.21. The summed E-state index contributed by atoms with van der Waals surface area (Å²) in [6.07, 6.45) is 4.93. The van der Waals surface area contributed by atoms with Crippen LogP contribution in [0.25, 0.3) is 0 Å². The molecule has 4 heteroatoms. The Morgan fingerprint density at radius 2 is 1.74 bits per heavy atom. The normalized spacial score (nSPS) is 16.8. The molecule has 0 aromatic heterocycles. The van der Waals surface area contributed by atoms with E-state index in [-0.39, 0.29) is 12.3 Å². The van der Waals surface area contributed by atoms with Crippen molar-refractivity contribution in [1.29, 1.82) is 0 Å². The van der Waals surface area contributed by atoms with Crippen LogP contribution in [-0.4, -0.2) is 21.8 Å². The third-order valence-electron chi connectivity index (χ3n) is 5.57. The van der Waals surface area contributed by atoms with Gasteiger partial charge in [-0.2, -0.15) is 0 Å². The van der Waals surface area contributed by atoms with Crippen LogP contribution in [0.15, 0.2) is 54.6 Å². The van der Waals surface area contributed by atoms with Crippen LogP contribution in [0, 0.1) is 5.92 Å². The highest BCUT2D eigenvalue weighted by Gasteiger charge is 2.39. The van der Waals surface area contributed by atoms with Gasteiger partial charge < -0.3 is 14.9 Å². The van der Waals surface area contributed by atoms with Crippen LogP contribution in [0.4, 0.5) is 0 Å². The number of hydrogen-bond donors (Lipinski definition) is 2. The Balaban J connectivity index is 1.61. The largest absolute Gasteiger partial charge is 0.489 e. The maximum atomic E-state index is 11.3. The summed E-state index contributed by atoms with van der Waals surface area (Å²) in [5, 5.41) is 20.3. The first kappa shape index (κ1) is 19.4. The summed E-state index contributed by atoms with van der Waals surface area (Å²) in [7, 11) is 0. The van der Waals surface area contributed by atoms with E-state index in [0.29, 0.717) is 19.4 Å². The summed E-state index contributed by atoms with van der Waals surface area (Å²) in [5.74, 6) is -0.0468. The predicted octanol–water partition coefficient (Wildman–Crippen LogP) is 4.59. The number of aryl methyl sites for hydroxylation is 1. The number of carboxylic acids is 1. The van der Waals surface area contributed by atoms with Gasteiger partial charge in [0.15, 0.2) is 0 Å².